The number of aliphatic hydroxyl groups is 2. The lowest BCUT2D eigenvalue weighted by atomic mass is 9.98. The van der Waals surface area contributed by atoms with Gasteiger partial charge in [0.1, 0.15) is 17.6 Å². The van der Waals surface area contributed by atoms with Gasteiger partial charge < -0.3 is 15.5 Å². The monoisotopic (exact) mass is 309 g/mol. The maximum Gasteiger partial charge on any atom is 0.433 e. The molecule has 0 saturated carbocycles. The molecule has 21 heavy (non-hydrogen) atoms. The molecule has 0 radical (unpaired) electrons. The Morgan fingerprint density at radius 3 is 2.33 bits per heavy atom. The lowest BCUT2D eigenvalue weighted by Crippen LogP contribution is -2.45. The van der Waals surface area contributed by atoms with Gasteiger partial charge in [-0.1, -0.05) is 6.92 Å². The maximum atomic E-state index is 12.6. The predicted octanol–water partition coefficient (Wildman–Crippen LogP) is 1.55. The van der Waals surface area contributed by atoms with Crippen LogP contribution in [0.4, 0.5) is 24.5 Å². The number of hydrogen-bond acceptors (Lipinski definition) is 6. The van der Waals surface area contributed by atoms with Gasteiger partial charge in [-0.25, -0.2) is 4.98 Å². The van der Waals surface area contributed by atoms with Crippen molar-refractivity contribution in [3.05, 3.63) is 28.1 Å². The number of aliphatic hydroxyl groups excluding tert-OH is 2. The molecule has 0 aromatic carbocycles. The van der Waals surface area contributed by atoms with Gasteiger partial charge in [0.05, 0.1) is 23.7 Å². The molecule has 0 aliphatic rings. The molecule has 1 aromatic heterocycles. The number of nitro groups is 1. The molecule has 0 aliphatic carbocycles. The molecule has 10 heteroatoms. The summed E-state index contributed by atoms with van der Waals surface area (Å²) in [5.41, 5.74) is -3.82. The standard InChI is InChI=1S/C11H14F3N3O4/c1-2-10(5-18,6-19)16-7-3-9(11(12,13)14)15-4-8(7)17(20)21/h3-4,18-19H,2,5-6H2,1H3,(H,15,16). The van der Waals surface area contributed by atoms with Crippen molar-refractivity contribution in [1.29, 1.82) is 0 Å². The highest BCUT2D eigenvalue weighted by Crippen LogP contribution is 2.34. The van der Waals surface area contributed by atoms with Crippen molar-refractivity contribution in [3.63, 3.8) is 0 Å². The second-order valence-electron chi connectivity index (χ2n) is 4.42. The molecule has 1 heterocycles. The number of anilines is 1. The van der Waals surface area contributed by atoms with Crippen molar-refractivity contribution in [3.8, 4) is 0 Å². The molecule has 0 saturated heterocycles. The average molecular weight is 309 g/mol. The molecule has 0 aliphatic heterocycles. The van der Waals surface area contributed by atoms with Crippen LogP contribution in [0.1, 0.15) is 19.0 Å². The Kier molecular flexibility index (Phi) is 5.07. The number of halogens is 3. The van der Waals surface area contributed by atoms with Gasteiger partial charge in [-0.2, -0.15) is 13.2 Å². The Hall–Kier alpha value is -1.94. The normalized spacial score (nSPS) is 12.3. The van der Waals surface area contributed by atoms with E-state index in [-0.39, 0.29) is 6.42 Å². The van der Waals surface area contributed by atoms with E-state index in [1.54, 1.807) is 6.92 Å². The highest BCUT2D eigenvalue weighted by molar-refractivity contribution is 5.62. The van der Waals surface area contributed by atoms with Crippen LogP contribution in [0.5, 0.6) is 0 Å². The van der Waals surface area contributed by atoms with Crippen LogP contribution in [0.3, 0.4) is 0 Å². The third-order valence-corrected chi connectivity index (χ3v) is 3.05. The summed E-state index contributed by atoms with van der Waals surface area (Å²) in [5, 5.41) is 31.8. The Labute approximate surface area is 117 Å². The molecule has 0 bridgehead atoms. The topological polar surface area (TPSA) is 109 Å². The van der Waals surface area contributed by atoms with Crippen LogP contribution in [0.25, 0.3) is 0 Å². The number of rotatable bonds is 6. The highest BCUT2D eigenvalue weighted by atomic mass is 19.4. The van der Waals surface area contributed by atoms with E-state index in [4.69, 9.17) is 0 Å². The Morgan fingerprint density at radius 2 is 1.95 bits per heavy atom. The lowest BCUT2D eigenvalue weighted by Gasteiger charge is -2.30. The molecule has 7 nitrogen and oxygen atoms in total. The van der Waals surface area contributed by atoms with Crippen LogP contribution in [0.2, 0.25) is 0 Å². The molecule has 0 unspecified atom stereocenters. The fourth-order valence-electron chi connectivity index (χ4n) is 1.58. The quantitative estimate of drug-likeness (QED) is 0.543. The van der Waals surface area contributed by atoms with E-state index >= 15 is 0 Å². The van der Waals surface area contributed by atoms with Gasteiger partial charge in [0.2, 0.25) is 0 Å². The van der Waals surface area contributed by atoms with Crippen molar-refractivity contribution in [1.82, 2.24) is 4.98 Å². The second-order valence-corrected chi connectivity index (χ2v) is 4.42. The summed E-state index contributed by atoms with van der Waals surface area (Å²) in [6.45, 7) is 0.346. The lowest BCUT2D eigenvalue weighted by molar-refractivity contribution is -0.384. The number of nitrogens with zero attached hydrogens (tertiary/aromatic N) is 2. The zero-order valence-electron chi connectivity index (χ0n) is 11.0. The summed E-state index contributed by atoms with van der Waals surface area (Å²) in [5.74, 6) is 0. The molecular weight excluding hydrogens is 295 g/mol. The van der Waals surface area contributed by atoms with Crippen LogP contribution in [0, 0.1) is 10.1 Å². The average Bonchev–Trinajstić information content (AvgIpc) is 2.43. The molecule has 0 fully saturated rings. The van der Waals surface area contributed by atoms with Gasteiger partial charge in [0.25, 0.3) is 0 Å². The van der Waals surface area contributed by atoms with Crippen LogP contribution in [-0.2, 0) is 6.18 Å². The third kappa shape index (κ3) is 3.79. The van der Waals surface area contributed by atoms with Crippen LogP contribution >= 0.6 is 0 Å². The second kappa shape index (κ2) is 6.22. The molecule has 1 rings (SSSR count). The zero-order valence-corrected chi connectivity index (χ0v) is 11.0. The van der Waals surface area contributed by atoms with E-state index in [2.05, 4.69) is 10.3 Å². The Bertz CT molecular complexity index is 510. The smallest absolute Gasteiger partial charge is 0.394 e. The minimum Gasteiger partial charge on any atom is -0.394 e. The number of hydrogen-bond donors (Lipinski definition) is 3. The Morgan fingerprint density at radius 1 is 1.38 bits per heavy atom. The summed E-state index contributed by atoms with van der Waals surface area (Å²) in [6.07, 6.45) is -4.14. The van der Waals surface area contributed by atoms with Crippen molar-refractivity contribution in [2.45, 2.75) is 25.1 Å². The number of nitrogens with one attached hydrogen (secondary N) is 1. The summed E-state index contributed by atoms with van der Waals surface area (Å²) in [4.78, 5) is 13.0. The number of alkyl halides is 3. The first kappa shape index (κ1) is 17.1. The molecular formula is C11H14F3N3O4. The minimum absolute atomic E-state index is 0.140. The molecule has 0 spiro atoms. The molecule has 0 amide bonds. The van der Waals surface area contributed by atoms with E-state index in [0.29, 0.717) is 12.3 Å². The van der Waals surface area contributed by atoms with Gasteiger partial charge >= 0.3 is 11.9 Å². The predicted molar refractivity (Wildman–Crippen MR) is 66.7 cm³/mol. The van der Waals surface area contributed by atoms with Crippen LogP contribution in [0.15, 0.2) is 12.3 Å². The van der Waals surface area contributed by atoms with Gasteiger partial charge in [0, 0.05) is 0 Å². The summed E-state index contributed by atoms with van der Waals surface area (Å²) >= 11 is 0. The van der Waals surface area contributed by atoms with Gasteiger partial charge in [0.15, 0.2) is 0 Å². The van der Waals surface area contributed by atoms with Gasteiger partial charge in [-0.05, 0) is 12.5 Å². The third-order valence-electron chi connectivity index (χ3n) is 3.05. The van der Waals surface area contributed by atoms with E-state index in [1.165, 1.54) is 0 Å². The number of pyridine rings is 1. The molecule has 3 N–H and O–H groups in total. The number of aromatic nitrogens is 1. The Balaban J connectivity index is 3.33. The van der Waals surface area contributed by atoms with Crippen LogP contribution in [-0.4, -0.2) is 38.9 Å². The summed E-state index contributed by atoms with van der Waals surface area (Å²) in [7, 11) is 0. The van der Waals surface area contributed by atoms with E-state index in [9.17, 15) is 33.5 Å². The van der Waals surface area contributed by atoms with E-state index in [1.807, 2.05) is 0 Å². The maximum absolute atomic E-state index is 12.6. The largest absolute Gasteiger partial charge is 0.433 e. The van der Waals surface area contributed by atoms with Crippen molar-refractivity contribution < 1.29 is 28.3 Å². The first-order valence-electron chi connectivity index (χ1n) is 5.90. The molecule has 118 valence electrons. The van der Waals surface area contributed by atoms with Gasteiger partial charge in [-0.3, -0.25) is 10.1 Å². The first-order chi connectivity index (χ1) is 9.69. The fourth-order valence-corrected chi connectivity index (χ4v) is 1.58. The fraction of sp³-hybridized carbons (Fsp3) is 0.545. The highest BCUT2D eigenvalue weighted by Gasteiger charge is 2.36. The summed E-state index contributed by atoms with van der Waals surface area (Å²) in [6, 6.07) is 0.480. The van der Waals surface area contributed by atoms with Crippen molar-refractivity contribution in [2.24, 2.45) is 0 Å². The summed E-state index contributed by atoms with van der Waals surface area (Å²) < 4.78 is 37.9. The first-order valence-corrected chi connectivity index (χ1v) is 5.90. The van der Waals surface area contributed by atoms with E-state index in [0.717, 1.165) is 0 Å². The minimum atomic E-state index is -4.77. The van der Waals surface area contributed by atoms with Crippen LogP contribution < -0.4 is 5.32 Å². The van der Waals surface area contributed by atoms with E-state index < -0.39 is 46.9 Å². The molecule has 0 atom stereocenters. The molecule has 1 aromatic rings. The zero-order chi connectivity index (χ0) is 16.3. The van der Waals surface area contributed by atoms with Crippen molar-refractivity contribution in [2.75, 3.05) is 18.5 Å². The van der Waals surface area contributed by atoms with Crippen molar-refractivity contribution >= 4 is 11.4 Å². The SMILES string of the molecule is CCC(CO)(CO)Nc1cc(C(F)(F)F)ncc1[N+](=O)[O-]. The van der Waals surface area contributed by atoms with Gasteiger partial charge in [-0.15, -0.1) is 0 Å².